The first kappa shape index (κ1) is 11.5. The van der Waals surface area contributed by atoms with Crippen molar-refractivity contribution >= 4 is 5.91 Å². The molecule has 1 amide bonds. The lowest BCUT2D eigenvalue weighted by Crippen LogP contribution is -2.43. The van der Waals surface area contributed by atoms with Gasteiger partial charge in [-0.1, -0.05) is 20.3 Å². The van der Waals surface area contributed by atoms with E-state index in [0.717, 1.165) is 25.4 Å². The Labute approximate surface area is 86.6 Å². The number of carbonyl (C=O) groups is 1. The Kier molecular flexibility index (Phi) is 4.39. The van der Waals surface area contributed by atoms with Gasteiger partial charge in [0.25, 0.3) is 0 Å². The third kappa shape index (κ3) is 2.71. The van der Waals surface area contributed by atoms with E-state index in [9.17, 15) is 4.79 Å². The SMILES string of the molecule is CCC[C@@H]1CCN(C(CC)C(N)=O)C1. The minimum absolute atomic E-state index is 0.0307. The van der Waals surface area contributed by atoms with Gasteiger partial charge in [-0.05, 0) is 31.7 Å². The summed E-state index contributed by atoms with van der Waals surface area (Å²) in [6.07, 6.45) is 4.60. The van der Waals surface area contributed by atoms with Crippen LogP contribution in [0.1, 0.15) is 39.5 Å². The van der Waals surface area contributed by atoms with Gasteiger partial charge in [-0.2, -0.15) is 0 Å². The fraction of sp³-hybridized carbons (Fsp3) is 0.909. The Bertz CT molecular complexity index is 194. The van der Waals surface area contributed by atoms with Crippen LogP contribution in [0.15, 0.2) is 0 Å². The number of hydrogen-bond acceptors (Lipinski definition) is 2. The van der Waals surface area contributed by atoms with Crippen molar-refractivity contribution in [2.75, 3.05) is 13.1 Å². The summed E-state index contributed by atoms with van der Waals surface area (Å²) in [6.45, 7) is 6.36. The van der Waals surface area contributed by atoms with Gasteiger partial charge in [0, 0.05) is 6.54 Å². The van der Waals surface area contributed by atoms with Crippen LogP contribution < -0.4 is 5.73 Å². The summed E-state index contributed by atoms with van der Waals surface area (Å²) in [5, 5.41) is 0. The molecule has 82 valence electrons. The zero-order valence-corrected chi connectivity index (χ0v) is 9.33. The minimum atomic E-state index is -0.162. The van der Waals surface area contributed by atoms with E-state index in [1.807, 2.05) is 6.92 Å². The van der Waals surface area contributed by atoms with Crippen LogP contribution in [0.5, 0.6) is 0 Å². The molecule has 0 aromatic rings. The molecule has 3 heteroatoms. The summed E-state index contributed by atoms with van der Waals surface area (Å²) in [5.41, 5.74) is 5.37. The first-order chi connectivity index (χ1) is 6.69. The molecule has 1 fully saturated rings. The van der Waals surface area contributed by atoms with Gasteiger partial charge in [0.05, 0.1) is 6.04 Å². The average Bonchev–Trinajstić information content (AvgIpc) is 2.54. The first-order valence-corrected chi connectivity index (χ1v) is 5.72. The van der Waals surface area contributed by atoms with Crippen LogP contribution >= 0.6 is 0 Å². The Morgan fingerprint density at radius 3 is 2.79 bits per heavy atom. The number of nitrogens with two attached hydrogens (primary N) is 1. The fourth-order valence-electron chi connectivity index (χ4n) is 2.43. The highest BCUT2D eigenvalue weighted by Crippen LogP contribution is 2.23. The lowest BCUT2D eigenvalue weighted by Gasteiger charge is -2.23. The van der Waals surface area contributed by atoms with Crippen molar-refractivity contribution in [3.8, 4) is 0 Å². The minimum Gasteiger partial charge on any atom is -0.368 e. The summed E-state index contributed by atoms with van der Waals surface area (Å²) >= 11 is 0. The standard InChI is InChI=1S/C11H22N2O/c1-3-5-9-6-7-13(8-9)10(4-2)11(12)14/h9-10H,3-8H2,1-2H3,(H2,12,14)/t9-,10?/m1/s1. The van der Waals surface area contributed by atoms with E-state index < -0.39 is 0 Å². The number of nitrogens with zero attached hydrogens (tertiary/aromatic N) is 1. The highest BCUT2D eigenvalue weighted by atomic mass is 16.1. The molecule has 0 aromatic carbocycles. The molecular weight excluding hydrogens is 176 g/mol. The second kappa shape index (κ2) is 5.35. The van der Waals surface area contributed by atoms with Crippen molar-refractivity contribution in [1.29, 1.82) is 0 Å². The van der Waals surface area contributed by atoms with Gasteiger partial charge in [-0.15, -0.1) is 0 Å². The van der Waals surface area contributed by atoms with Gasteiger partial charge in [-0.25, -0.2) is 0 Å². The molecule has 1 unspecified atom stereocenters. The highest BCUT2D eigenvalue weighted by molar-refractivity contribution is 5.79. The summed E-state index contributed by atoms with van der Waals surface area (Å²) in [6, 6.07) is -0.0307. The maximum atomic E-state index is 11.2. The quantitative estimate of drug-likeness (QED) is 0.725. The molecule has 1 rings (SSSR count). The van der Waals surface area contributed by atoms with Crippen molar-refractivity contribution in [2.45, 2.75) is 45.6 Å². The number of amides is 1. The maximum absolute atomic E-state index is 11.2. The monoisotopic (exact) mass is 198 g/mol. The van der Waals surface area contributed by atoms with Crippen LogP contribution in [-0.2, 0) is 4.79 Å². The number of hydrogen-bond donors (Lipinski definition) is 1. The normalized spacial score (nSPS) is 25.1. The Morgan fingerprint density at radius 2 is 2.29 bits per heavy atom. The van der Waals surface area contributed by atoms with E-state index in [0.29, 0.717) is 0 Å². The molecule has 1 heterocycles. The molecule has 0 aromatic heterocycles. The third-order valence-electron chi connectivity index (χ3n) is 3.17. The molecule has 1 aliphatic rings. The second-order valence-corrected chi connectivity index (χ2v) is 4.26. The Morgan fingerprint density at radius 1 is 1.57 bits per heavy atom. The van der Waals surface area contributed by atoms with Crippen LogP contribution in [0.2, 0.25) is 0 Å². The number of carbonyl (C=O) groups excluding carboxylic acids is 1. The summed E-state index contributed by atoms with van der Waals surface area (Å²) < 4.78 is 0. The van der Waals surface area contributed by atoms with Crippen LogP contribution in [0.25, 0.3) is 0 Å². The Balaban J connectivity index is 2.43. The molecule has 0 bridgehead atoms. The van der Waals surface area contributed by atoms with E-state index in [4.69, 9.17) is 5.73 Å². The number of primary amides is 1. The van der Waals surface area contributed by atoms with Crippen molar-refractivity contribution in [3.63, 3.8) is 0 Å². The van der Waals surface area contributed by atoms with Crippen molar-refractivity contribution in [1.82, 2.24) is 4.90 Å². The van der Waals surface area contributed by atoms with Crippen molar-refractivity contribution in [3.05, 3.63) is 0 Å². The molecule has 1 aliphatic heterocycles. The first-order valence-electron chi connectivity index (χ1n) is 5.72. The van der Waals surface area contributed by atoms with Gasteiger partial charge >= 0.3 is 0 Å². The number of rotatable bonds is 5. The van der Waals surface area contributed by atoms with E-state index in [1.165, 1.54) is 19.3 Å². The molecule has 2 atom stereocenters. The molecule has 0 spiro atoms. The second-order valence-electron chi connectivity index (χ2n) is 4.26. The van der Waals surface area contributed by atoms with E-state index in [-0.39, 0.29) is 11.9 Å². The smallest absolute Gasteiger partial charge is 0.234 e. The van der Waals surface area contributed by atoms with Crippen LogP contribution in [0, 0.1) is 5.92 Å². The van der Waals surface area contributed by atoms with Crippen LogP contribution in [0.4, 0.5) is 0 Å². The summed E-state index contributed by atoms with van der Waals surface area (Å²) in [7, 11) is 0. The predicted molar refractivity (Wildman–Crippen MR) is 57.9 cm³/mol. The zero-order chi connectivity index (χ0) is 10.6. The molecular formula is C11H22N2O. The van der Waals surface area contributed by atoms with E-state index in [1.54, 1.807) is 0 Å². The van der Waals surface area contributed by atoms with Crippen LogP contribution in [-0.4, -0.2) is 29.9 Å². The molecule has 1 saturated heterocycles. The predicted octanol–water partition coefficient (Wildman–Crippen LogP) is 1.37. The largest absolute Gasteiger partial charge is 0.368 e. The summed E-state index contributed by atoms with van der Waals surface area (Å²) in [5.74, 6) is 0.623. The molecule has 0 radical (unpaired) electrons. The molecule has 2 N–H and O–H groups in total. The van der Waals surface area contributed by atoms with Gasteiger partial charge in [0.15, 0.2) is 0 Å². The van der Waals surface area contributed by atoms with E-state index in [2.05, 4.69) is 11.8 Å². The third-order valence-corrected chi connectivity index (χ3v) is 3.17. The van der Waals surface area contributed by atoms with Crippen molar-refractivity contribution in [2.24, 2.45) is 11.7 Å². The Hall–Kier alpha value is -0.570. The summed E-state index contributed by atoms with van der Waals surface area (Å²) in [4.78, 5) is 13.4. The van der Waals surface area contributed by atoms with Gasteiger partial charge in [0.1, 0.15) is 0 Å². The maximum Gasteiger partial charge on any atom is 0.234 e. The van der Waals surface area contributed by atoms with Gasteiger partial charge in [0.2, 0.25) is 5.91 Å². The van der Waals surface area contributed by atoms with Crippen LogP contribution in [0.3, 0.4) is 0 Å². The molecule has 0 saturated carbocycles. The fourth-order valence-corrected chi connectivity index (χ4v) is 2.43. The lowest BCUT2D eigenvalue weighted by atomic mass is 10.0. The van der Waals surface area contributed by atoms with E-state index >= 15 is 0 Å². The molecule has 14 heavy (non-hydrogen) atoms. The lowest BCUT2D eigenvalue weighted by molar-refractivity contribution is -0.123. The van der Waals surface area contributed by atoms with Crippen molar-refractivity contribution < 1.29 is 4.79 Å². The van der Waals surface area contributed by atoms with Gasteiger partial charge < -0.3 is 5.73 Å². The molecule has 3 nitrogen and oxygen atoms in total. The highest BCUT2D eigenvalue weighted by Gasteiger charge is 2.29. The average molecular weight is 198 g/mol. The number of likely N-dealkylation sites (tertiary alicyclic amines) is 1. The topological polar surface area (TPSA) is 46.3 Å². The molecule has 0 aliphatic carbocycles. The van der Waals surface area contributed by atoms with Gasteiger partial charge in [-0.3, -0.25) is 9.69 Å². The zero-order valence-electron chi connectivity index (χ0n) is 9.33.